The van der Waals surface area contributed by atoms with Crippen molar-refractivity contribution < 1.29 is 0 Å². The second kappa shape index (κ2) is 5.86. The van der Waals surface area contributed by atoms with Gasteiger partial charge in [0.25, 0.3) is 0 Å². The van der Waals surface area contributed by atoms with Crippen molar-refractivity contribution in [3.63, 3.8) is 0 Å². The molecule has 1 saturated carbocycles. The molecule has 0 aromatic rings. The molecule has 1 heterocycles. The van der Waals surface area contributed by atoms with Gasteiger partial charge in [-0.15, -0.1) is 0 Å². The normalized spacial score (nSPS) is 27.8. The lowest BCUT2D eigenvalue weighted by Crippen LogP contribution is -2.45. The van der Waals surface area contributed by atoms with Crippen LogP contribution < -0.4 is 5.32 Å². The molecule has 1 aliphatic heterocycles. The maximum atomic E-state index is 3.43. The second-order valence-corrected chi connectivity index (χ2v) is 5.43. The molecule has 88 valence electrons. The van der Waals surface area contributed by atoms with Gasteiger partial charge in [0.2, 0.25) is 0 Å². The van der Waals surface area contributed by atoms with Crippen molar-refractivity contribution in [1.29, 1.82) is 0 Å². The Hall–Kier alpha value is -0.0800. The molecule has 1 saturated heterocycles. The molecule has 1 N–H and O–H groups in total. The topological polar surface area (TPSA) is 15.3 Å². The minimum atomic E-state index is 0.920. The van der Waals surface area contributed by atoms with Crippen molar-refractivity contribution in [3.05, 3.63) is 0 Å². The third-order valence-corrected chi connectivity index (χ3v) is 4.21. The van der Waals surface area contributed by atoms with Crippen LogP contribution in [0.5, 0.6) is 0 Å². The van der Waals surface area contributed by atoms with Crippen LogP contribution in [-0.4, -0.2) is 37.6 Å². The Bertz CT molecular complexity index is 169. The number of rotatable bonds is 3. The van der Waals surface area contributed by atoms with Crippen LogP contribution in [0.4, 0.5) is 0 Å². The van der Waals surface area contributed by atoms with Crippen LogP contribution in [0.2, 0.25) is 0 Å². The monoisotopic (exact) mass is 210 g/mol. The maximum Gasteiger partial charge on any atom is 0.0107 e. The average molecular weight is 210 g/mol. The van der Waals surface area contributed by atoms with E-state index in [1.165, 1.54) is 64.8 Å². The summed E-state index contributed by atoms with van der Waals surface area (Å²) < 4.78 is 0. The zero-order chi connectivity index (χ0) is 10.5. The summed E-state index contributed by atoms with van der Waals surface area (Å²) in [5.41, 5.74) is 0. The molecule has 2 nitrogen and oxygen atoms in total. The molecule has 2 rings (SSSR count). The maximum absolute atomic E-state index is 3.43. The van der Waals surface area contributed by atoms with Crippen molar-refractivity contribution in [2.24, 2.45) is 11.8 Å². The molecule has 0 aromatic carbocycles. The summed E-state index contributed by atoms with van der Waals surface area (Å²) in [5.74, 6) is 1.94. The van der Waals surface area contributed by atoms with E-state index in [1.54, 1.807) is 0 Å². The fourth-order valence-corrected chi connectivity index (χ4v) is 3.15. The first-order valence-corrected chi connectivity index (χ1v) is 6.79. The molecule has 0 spiro atoms. The van der Waals surface area contributed by atoms with Gasteiger partial charge in [0.1, 0.15) is 0 Å². The Morgan fingerprint density at radius 3 is 2.47 bits per heavy atom. The standard InChI is InChI=1S/C13H26N2/c1-12(13-5-3-2-4-6-13)11-15-9-7-14-8-10-15/h12-14H,2-11H2,1H3. The summed E-state index contributed by atoms with van der Waals surface area (Å²) in [6.45, 7) is 8.72. The number of nitrogens with zero attached hydrogens (tertiary/aromatic N) is 1. The summed E-state index contributed by atoms with van der Waals surface area (Å²) in [5, 5.41) is 3.43. The summed E-state index contributed by atoms with van der Waals surface area (Å²) in [6.07, 6.45) is 7.44. The number of nitrogens with one attached hydrogen (secondary N) is 1. The van der Waals surface area contributed by atoms with Crippen LogP contribution in [0.25, 0.3) is 0 Å². The van der Waals surface area contributed by atoms with Gasteiger partial charge in [-0.3, -0.25) is 0 Å². The third-order valence-electron chi connectivity index (χ3n) is 4.21. The van der Waals surface area contributed by atoms with Gasteiger partial charge in [-0.25, -0.2) is 0 Å². The zero-order valence-corrected chi connectivity index (χ0v) is 10.2. The van der Waals surface area contributed by atoms with Crippen LogP contribution in [0.15, 0.2) is 0 Å². The number of hydrogen-bond acceptors (Lipinski definition) is 2. The molecule has 0 aromatic heterocycles. The fraction of sp³-hybridized carbons (Fsp3) is 1.00. The highest BCUT2D eigenvalue weighted by molar-refractivity contribution is 4.76. The Balaban J connectivity index is 1.72. The van der Waals surface area contributed by atoms with Crippen molar-refractivity contribution in [3.8, 4) is 0 Å². The lowest BCUT2D eigenvalue weighted by Gasteiger charge is -2.34. The van der Waals surface area contributed by atoms with Crippen molar-refractivity contribution in [2.45, 2.75) is 39.0 Å². The highest BCUT2D eigenvalue weighted by atomic mass is 15.2. The molecule has 0 radical (unpaired) electrons. The molecule has 1 atom stereocenters. The lowest BCUT2D eigenvalue weighted by atomic mass is 9.80. The van der Waals surface area contributed by atoms with Gasteiger partial charge in [0, 0.05) is 32.7 Å². The Morgan fingerprint density at radius 2 is 1.80 bits per heavy atom. The molecule has 0 amide bonds. The average Bonchev–Trinajstić information content (AvgIpc) is 2.31. The molecule has 1 aliphatic carbocycles. The largest absolute Gasteiger partial charge is 0.314 e. The Labute approximate surface area is 94.4 Å². The van der Waals surface area contributed by atoms with Gasteiger partial charge in [0.05, 0.1) is 0 Å². The van der Waals surface area contributed by atoms with E-state index in [2.05, 4.69) is 17.1 Å². The van der Waals surface area contributed by atoms with Gasteiger partial charge < -0.3 is 10.2 Å². The van der Waals surface area contributed by atoms with Crippen molar-refractivity contribution in [2.75, 3.05) is 32.7 Å². The Kier molecular flexibility index (Phi) is 4.45. The SMILES string of the molecule is CC(CN1CCNCC1)C1CCCCC1. The first-order valence-electron chi connectivity index (χ1n) is 6.79. The Morgan fingerprint density at radius 1 is 1.13 bits per heavy atom. The second-order valence-electron chi connectivity index (χ2n) is 5.43. The summed E-state index contributed by atoms with van der Waals surface area (Å²) in [7, 11) is 0. The van der Waals surface area contributed by atoms with E-state index in [-0.39, 0.29) is 0 Å². The van der Waals surface area contributed by atoms with Crippen LogP contribution in [-0.2, 0) is 0 Å². The van der Waals surface area contributed by atoms with Gasteiger partial charge in [-0.05, 0) is 11.8 Å². The van der Waals surface area contributed by atoms with Gasteiger partial charge in [0.15, 0.2) is 0 Å². The predicted molar refractivity (Wildman–Crippen MR) is 65.0 cm³/mol. The lowest BCUT2D eigenvalue weighted by molar-refractivity contribution is 0.161. The van der Waals surface area contributed by atoms with E-state index in [1.807, 2.05) is 0 Å². The van der Waals surface area contributed by atoms with E-state index in [4.69, 9.17) is 0 Å². The first-order chi connectivity index (χ1) is 7.36. The number of piperazine rings is 1. The molecule has 0 bridgehead atoms. The van der Waals surface area contributed by atoms with E-state index in [0.29, 0.717) is 0 Å². The van der Waals surface area contributed by atoms with E-state index < -0.39 is 0 Å². The molecule has 2 aliphatic rings. The molecular formula is C13H26N2. The fourth-order valence-electron chi connectivity index (χ4n) is 3.15. The molecule has 15 heavy (non-hydrogen) atoms. The zero-order valence-electron chi connectivity index (χ0n) is 10.2. The first kappa shape index (κ1) is 11.4. The highest BCUT2D eigenvalue weighted by Gasteiger charge is 2.22. The van der Waals surface area contributed by atoms with Gasteiger partial charge in [-0.1, -0.05) is 39.0 Å². The van der Waals surface area contributed by atoms with Crippen LogP contribution in [0.3, 0.4) is 0 Å². The minimum Gasteiger partial charge on any atom is -0.314 e. The highest BCUT2D eigenvalue weighted by Crippen LogP contribution is 2.30. The summed E-state index contributed by atoms with van der Waals surface area (Å²) in [6, 6.07) is 0. The third kappa shape index (κ3) is 3.46. The smallest absolute Gasteiger partial charge is 0.0107 e. The van der Waals surface area contributed by atoms with Crippen LogP contribution in [0, 0.1) is 11.8 Å². The quantitative estimate of drug-likeness (QED) is 0.767. The van der Waals surface area contributed by atoms with Gasteiger partial charge in [-0.2, -0.15) is 0 Å². The van der Waals surface area contributed by atoms with E-state index >= 15 is 0 Å². The van der Waals surface area contributed by atoms with Crippen LogP contribution in [0.1, 0.15) is 39.0 Å². The van der Waals surface area contributed by atoms with E-state index in [0.717, 1.165) is 11.8 Å². The minimum absolute atomic E-state index is 0.920. The van der Waals surface area contributed by atoms with Crippen LogP contribution >= 0.6 is 0 Å². The predicted octanol–water partition coefficient (Wildman–Crippen LogP) is 2.11. The van der Waals surface area contributed by atoms with E-state index in [9.17, 15) is 0 Å². The summed E-state index contributed by atoms with van der Waals surface area (Å²) in [4.78, 5) is 2.65. The van der Waals surface area contributed by atoms with Crippen molar-refractivity contribution in [1.82, 2.24) is 10.2 Å². The number of hydrogen-bond donors (Lipinski definition) is 1. The molecule has 1 unspecified atom stereocenters. The van der Waals surface area contributed by atoms with Gasteiger partial charge >= 0.3 is 0 Å². The molecular weight excluding hydrogens is 184 g/mol. The van der Waals surface area contributed by atoms with Crippen molar-refractivity contribution >= 4 is 0 Å². The molecule has 2 heteroatoms. The summed E-state index contributed by atoms with van der Waals surface area (Å²) >= 11 is 0. The molecule has 2 fully saturated rings.